The zero-order chi connectivity index (χ0) is 21.3. The number of nitrogens with zero attached hydrogens (tertiary/aromatic N) is 3. The van der Waals surface area contributed by atoms with Crippen LogP contribution in [0.1, 0.15) is 17.5 Å². The molecular weight excluding hydrogens is 400 g/mol. The Kier molecular flexibility index (Phi) is 5.27. The molecule has 0 saturated carbocycles. The van der Waals surface area contributed by atoms with Crippen LogP contribution >= 0.6 is 0 Å². The molecule has 0 radical (unpaired) electrons. The van der Waals surface area contributed by atoms with Crippen molar-refractivity contribution >= 4 is 21.4 Å². The normalized spacial score (nSPS) is 15.0. The summed E-state index contributed by atoms with van der Waals surface area (Å²) in [6.45, 7) is 2.51. The van der Waals surface area contributed by atoms with Crippen LogP contribution in [0.2, 0.25) is 0 Å². The Morgan fingerprint density at radius 2 is 1.77 bits per heavy atom. The number of aryl methyl sites for hydroxylation is 1. The molecule has 0 atom stereocenters. The summed E-state index contributed by atoms with van der Waals surface area (Å²) in [4.78, 5) is 0.289. The van der Waals surface area contributed by atoms with Gasteiger partial charge in [-0.3, -0.25) is 0 Å². The highest BCUT2D eigenvalue weighted by Crippen LogP contribution is 2.33. The number of rotatable bonds is 4. The fourth-order valence-electron chi connectivity index (χ4n) is 3.45. The summed E-state index contributed by atoms with van der Waals surface area (Å²) in [5.74, 6) is 0.380. The third-order valence-electron chi connectivity index (χ3n) is 5.18. The minimum atomic E-state index is -3.55. The third kappa shape index (κ3) is 3.79. The highest BCUT2D eigenvalue weighted by atomic mass is 32.2. The van der Waals surface area contributed by atoms with Crippen molar-refractivity contribution < 1.29 is 13.5 Å². The average Bonchev–Trinajstić information content (AvgIpc) is 2.75. The maximum atomic E-state index is 12.9. The van der Waals surface area contributed by atoms with Gasteiger partial charge in [-0.1, -0.05) is 35.9 Å². The van der Waals surface area contributed by atoms with Crippen molar-refractivity contribution in [2.24, 2.45) is 0 Å². The summed E-state index contributed by atoms with van der Waals surface area (Å²) in [6, 6.07) is 15.5. The average molecular weight is 423 g/mol. The standard InChI is InChI=1S/C22H22N4O3S/c1-15-6-8-17(9-7-15)30(28,29)26-12-10-16(11-13-26)19-14-20(24-25-22(19)23)18-4-2-3-5-21(18)27/h2-10,14,27H,11-13H2,1H3,(H2,23,25). The lowest BCUT2D eigenvalue weighted by molar-refractivity contribution is 0.441. The van der Waals surface area contributed by atoms with Gasteiger partial charge in [0.1, 0.15) is 5.75 Å². The van der Waals surface area contributed by atoms with Gasteiger partial charge >= 0.3 is 0 Å². The van der Waals surface area contributed by atoms with E-state index >= 15 is 0 Å². The van der Waals surface area contributed by atoms with Crippen molar-refractivity contribution in [3.05, 3.63) is 71.8 Å². The van der Waals surface area contributed by atoms with Gasteiger partial charge in [-0.15, -0.1) is 10.2 Å². The van der Waals surface area contributed by atoms with Crippen LogP contribution in [0, 0.1) is 6.92 Å². The molecule has 1 aromatic heterocycles. The summed E-state index contributed by atoms with van der Waals surface area (Å²) < 4.78 is 27.3. The van der Waals surface area contributed by atoms with E-state index in [-0.39, 0.29) is 23.0 Å². The minimum Gasteiger partial charge on any atom is -0.507 e. The van der Waals surface area contributed by atoms with E-state index in [2.05, 4.69) is 10.2 Å². The highest BCUT2D eigenvalue weighted by Gasteiger charge is 2.27. The number of phenolic OH excluding ortho intramolecular Hbond substituents is 1. The van der Waals surface area contributed by atoms with Crippen molar-refractivity contribution in [2.75, 3.05) is 18.8 Å². The maximum absolute atomic E-state index is 12.9. The second-order valence-electron chi connectivity index (χ2n) is 7.20. The van der Waals surface area contributed by atoms with Crippen molar-refractivity contribution in [1.29, 1.82) is 0 Å². The van der Waals surface area contributed by atoms with Crippen molar-refractivity contribution in [1.82, 2.24) is 14.5 Å². The van der Waals surface area contributed by atoms with Gasteiger partial charge in [0.05, 0.1) is 10.6 Å². The maximum Gasteiger partial charge on any atom is 0.243 e. The molecule has 1 aliphatic heterocycles. The predicted octanol–water partition coefficient (Wildman–Crippen LogP) is 3.22. The fraction of sp³-hybridized carbons (Fsp3) is 0.182. The van der Waals surface area contributed by atoms with E-state index in [0.29, 0.717) is 29.8 Å². The Morgan fingerprint density at radius 1 is 1.03 bits per heavy atom. The van der Waals surface area contributed by atoms with Gasteiger partial charge in [0.15, 0.2) is 5.82 Å². The van der Waals surface area contributed by atoms with Gasteiger partial charge in [0.2, 0.25) is 10.0 Å². The third-order valence-corrected chi connectivity index (χ3v) is 7.06. The Labute approximate surface area is 175 Å². The quantitative estimate of drug-likeness (QED) is 0.668. The first-order valence-corrected chi connectivity index (χ1v) is 11.0. The number of phenols is 1. The molecule has 3 N–H and O–H groups in total. The summed E-state index contributed by atoms with van der Waals surface area (Å²) in [7, 11) is -3.55. The summed E-state index contributed by atoms with van der Waals surface area (Å²) in [5, 5.41) is 18.2. The number of para-hydroxylation sites is 1. The van der Waals surface area contributed by atoms with Gasteiger partial charge in [-0.2, -0.15) is 4.31 Å². The molecule has 3 aromatic rings. The van der Waals surface area contributed by atoms with Crippen molar-refractivity contribution in [2.45, 2.75) is 18.2 Å². The van der Waals surface area contributed by atoms with Gasteiger partial charge < -0.3 is 10.8 Å². The number of hydrogen-bond acceptors (Lipinski definition) is 6. The van der Waals surface area contributed by atoms with Gasteiger partial charge in [-0.05, 0) is 49.2 Å². The molecule has 0 fully saturated rings. The molecule has 0 saturated heterocycles. The number of nitrogen functional groups attached to an aromatic ring is 1. The largest absolute Gasteiger partial charge is 0.507 e. The van der Waals surface area contributed by atoms with E-state index in [1.165, 1.54) is 4.31 Å². The van der Waals surface area contributed by atoms with E-state index in [1.54, 1.807) is 54.6 Å². The molecule has 0 bridgehead atoms. The lowest BCUT2D eigenvalue weighted by Gasteiger charge is -2.26. The van der Waals surface area contributed by atoms with Crippen LogP contribution in [0.3, 0.4) is 0 Å². The summed E-state index contributed by atoms with van der Waals surface area (Å²) in [6.07, 6.45) is 2.36. The monoisotopic (exact) mass is 422 g/mol. The fourth-order valence-corrected chi connectivity index (χ4v) is 4.83. The van der Waals surface area contributed by atoms with E-state index in [9.17, 15) is 13.5 Å². The second kappa shape index (κ2) is 7.89. The van der Waals surface area contributed by atoms with E-state index < -0.39 is 10.0 Å². The van der Waals surface area contributed by atoms with Crippen molar-refractivity contribution in [3.8, 4) is 17.0 Å². The SMILES string of the molecule is Cc1ccc(S(=O)(=O)N2CC=C(c3cc(-c4ccccc4O)nnc3N)CC2)cc1. The first-order valence-electron chi connectivity index (χ1n) is 9.54. The lowest BCUT2D eigenvalue weighted by atomic mass is 9.99. The zero-order valence-electron chi connectivity index (χ0n) is 16.5. The molecule has 4 rings (SSSR count). The molecular formula is C22H22N4O3S. The minimum absolute atomic E-state index is 0.107. The van der Waals surface area contributed by atoms with E-state index in [1.807, 2.05) is 13.0 Å². The summed E-state index contributed by atoms with van der Waals surface area (Å²) in [5.41, 5.74) is 9.75. The highest BCUT2D eigenvalue weighted by molar-refractivity contribution is 7.89. The molecule has 0 spiro atoms. The second-order valence-corrected chi connectivity index (χ2v) is 9.14. The van der Waals surface area contributed by atoms with Crippen LogP contribution < -0.4 is 5.73 Å². The van der Waals surface area contributed by atoms with E-state index in [4.69, 9.17) is 5.73 Å². The first-order chi connectivity index (χ1) is 14.4. The van der Waals surface area contributed by atoms with Crippen molar-refractivity contribution in [3.63, 3.8) is 0 Å². The molecule has 2 aromatic carbocycles. The molecule has 1 aliphatic rings. The molecule has 7 nitrogen and oxygen atoms in total. The number of hydrogen-bond donors (Lipinski definition) is 2. The van der Waals surface area contributed by atoms with Crippen LogP contribution in [0.4, 0.5) is 5.82 Å². The Bertz CT molecular complexity index is 1220. The molecule has 0 aliphatic carbocycles. The van der Waals surface area contributed by atoms with E-state index in [0.717, 1.165) is 11.1 Å². The Morgan fingerprint density at radius 3 is 2.43 bits per heavy atom. The van der Waals surface area contributed by atoms with Gasteiger partial charge in [0.25, 0.3) is 0 Å². The van der Waals surface area contributed by atoms with Gasteiger partial charge in [-0.25, -0.2) is 8.42 Å². The topological polar surface area (TPSA) is 109 Å². The molecule has 8 heteroatoms. The van der Waals surface area contributed by atoms with Crippen LogP contribution in [0.25, 0.3) is 16.8 Å². The lowest BCUT2D eigenvalue weighted by Crippen LogP contribution is -2.34. The zero-order valence-corrected chi connectivity index (χ0v) is 17.3. The number of benzene rings is 2. The Hall–Kier alpha value is -3.23. The Balaban J connectivity index is 1.61. The van der Waals surface area contributed by atoms with Crippen LogP contribution in [0.15, 0.2) is 65.6 Å². The van der Waals surface area contributed by atoms with Crippen LogP contribution in [0.5, 0.6) is 5.75 Å². The number of anilines is 1. The molecule has 30 heavy (non-hydrogen) atoms. The number of aromatic nitrogens is 2. The first kappa shape index (κ1) is 20.1. The molecule has 0 unspecified atom stereocenters. The predicted molar refractivity (Wildman–Crippen MR) is 116 cm³/mol. The molecule has 154 valence electrons. The number of nitrogens with two attached hydrogens (primary N) is 1. The summed E-state index contributed by atoms with van der Waals surface area (Å²) >= 11 is 0. The smallest absolute Gasteiger partial charge is 0.243 e. The molecule has 0 amide bonds. The number of aromatic hydroxyl groups is 1. The number of sulfonamides is 1. The van der Waals surface area contributed by atoms with Gasteiger partial charge in [0, 0.05) is 24.2 Å². The van der Waals surface area contributed by atoms with Crippen LogP contribution in [-0.2, 0) is 10.0 Å². The molecule has 2 heterocycles. The van der Waals surface area contributed by atoms with Crippen LogP contribution in [-0.4, -0.2) is 41.1 Å².